The molecular formula is C17H16N2O2S. The van der Waals surface area contributed by atoms with Crippen LogP contribution in [0.4, 0.5) is 0 Å². The molecule has 1 aromatic carbocycles. The third-order valence-corrected chi connectivity index (χ3v) is 4.47. The molecule has 0 spiro atoms. The van der Waals surface area contributed by atoms with Crippen molar-refractivity contribution in [2.24, 2.45) is 0 Å². The van der Waals surface area contributed by atoms with Crippen LogP contribution >= 0.6 is 11.3 Å². The van der Waals surface area contributed by atoms with E-state index in [1.54, 1.807) is 12.3 Å². The van der Waals surface area contributed by atoms with Crippen molar-refractivity contribution >= 4 is 27.3 Å². The zero-order chi connectivity index (χ0) is 15.5. The van der Waals surface area contributed by atoms with Crippen LogP contribution in [0.5, 0.6) is 0 Å². The fourth-order valence-corrected chi connectivity index (χ4v) is 3.17. The number of carbonyl (C=O) groups is 1. The Hall–Kier alpha value is -2.40. The quantitative estimate of drug-likeness (QED) is 0.805. The average Bonchev–Trinajstić information content (AvgIpc) is 3.00. The molecule has 1 N–H and O–H groups in total. The summed E-state index contributed by atoms with van der Waals surface area (Å²) in [4.78, 5) is 24.4. The first-order chi connectivity index (χ1) is 10.6. The maximum Gasteiger partial charge on any atom is 0.259 e. The third kappa shape index (κ3) is 2.94. The van der Waals surface area contributed by atoms with Crippen LogP contribution < -0.4 is 10.9 Å². The summed E-state index contributed by atoms with van der Waals surface area (Å²) < 4.78 is 2.39. The number of aromatic nitrogens is 1. The molecule has 0 bridgehead atoms. The molecule has 1 amide bonds. The van der Waals surface area contributed by atoms with Gasteiger partial charge in [0.25, 0.3) is 5.56 Å². The normalized spacial score (nSPS) is 12.2. The molecule has 0 fully saturated rings. The van der Waals surface area contributed by atoms with Crippen molar-refractivity contribution in [1.82, 2.24) is 9.88 Å². The summed E-state index contributed by atoms with van der Waals surface area (Å²) in [7, 11) is 0. The molecule has 22 heavy (non-hydrogen) atoms. The number of carbonyl (C=O) groups excluding carboxylic acids is 1. The van der Waals surface area contributed by atoms with Gasteiger partial charge in [-0.15, -0.1) is 11.3 Å². The zero-order valence-corrected chi connectivity index (χ0v) is 13.0. The van der Waals surface area contributed by atoms with Crippen LogP contribution in [-0.4, -0.2) is 10.5 Å². The molecule has 1 atom stereocenters. The van der Waals surface area contributed by atoms with Gasteiger partial charge in [-0.1, -0.05) is 30.3 Å². The Morgan fingerprint density at radius 1 is 1.23 bits per heavy atom. The number of fused-ring (bicyclic) bond motifs is 1. The van der Waals surface area contributed by atoms with E-state index in [2.05, 4.69) is 5.32 Å². The predicted molar refractivity (Wildman–Crippen MR) is 89.1 cm³/mol. The van der Waals surface area contributed by atoms with Gasteiger partial charge in [-0.05, 0) is 30.0 Å². The minimum Gasteiger partial charge on any atom is -0.348 e. The number of thiophene rings is 1. The van der Waals surface area contributed by atoms with Gasteiger partial charge in [0.1, 0.15) is 6.54 Å². The largest absolute Gasteiger partial charge is 0.348 e. The van der Waals surface area contributed by atoms with Gasteiger partial charge in [-0.25, -0.2) is 0 Å². The van der Waals surface area contributed by atoms with Gasteiger partial charge in [0, 0.05) is 10.9 Å². The highest BCUT2D eigenvalue weighted by Crippen LogP contribution is 2.16. The highest BCUT2D eigenvalue weighted by Gasteiger charge is 2.11. The number of nitrogens with one attached hydrogen (secondary N) is 1. The van der Waals surface area contributed by atoms with E-state index < -0.39 is 0 Å². The summed E-state index contributed by atoms with van der Waals surface area (Å²) in [5.41, 5.74) is 0.915. The monoisotopic (exact) mass is 312 g/mol. The van der Waals surface area contributed by atoms with Crippen molar-refractivity contribution < 1.29 is 4.79 Å². The average molecular weight is 312 g/mol. The van der Waals surface area contributed by atoms with Crippen LogP contribution in [0.25, 0.3) is 10.1 Å². The number of rotatable bonds is 4. The van der Waals surface area contributed by atoms with Crippen molar-refractivity contribution in [1.29, 1.82) is 0 Å². The van der Waals surface area contributed by atoms with E-state index in [-0.39, 0.29) is 24.1 Å². The minimum absolute atomic E-state index is 0.0296. The second-order valence-electron chi connectivity index (χ2n) is 5.15. The Kier molecular flexibility index (Phi) is 4.06. The Balaban J connectivity index is 1.73. The first-order valence-electron chi connectivity index (χ1n) is 7.06. The number of benzene rings is 1. The molecule has 0 aliphatic carbocycles. The topological polar surface area (TPSA) is 51.1 Å². The van der Waals surface area contributed by atoms with Gasteiger partial charge < -0.3 is 9.88 Å². The van der Waals surface area contributed by atoms with E-state index in [0.29, 0.717) is 5.39 Å². The van der Waals surface area contributed by atoms with Gasteiger partial charge in [0.2, 0.25) is 5.91 Å². The van der Waals surface area contributed by atoms with E-state index in [4.69, 9.17) is 0 Å². The molecule has 2 aromatic heterocycles. The maximum absolute atomic E-state index is 12.3. The summed E-state index contributed by atoms with van der Waals surface area (Å²) in [6, 6.07) is 13.3. The van der Waals surface area contributed by atoms with Crippen LogP contribution in [-0.2, 0) is 11.3 Å². The predicted octanol–water partition coefficient (Wildman–Crippen LogP) is 2.94. The van der Waals surface area contributed by atoms with Gasteiger partial charge >= 0.3 is 0 Å². The Bertz CT molecular complexity index is 852. The number of nitrogens with zero attached hydrogens (tertiary/aromatic N) is 1. The van der Waals surface area contributed by atoms with Crippen molar-refractivity contribution in [2.75, 3.05) is 0 Å². The maximum atomic E-state index is 12.3. The van der Waals surface area contributed by atoms with Crippen molar-refractivity contribution in [2.45, 2.75) is 19.5 Å². The fourth-order valence-electron chi connectivity index (χ4n) is 2.40. The first kappa shape index (κ1) is 14.5. The Labute approximate surface area is 132 Å². The van der Waals surface area contributed by atoms with E-state index in [1.807, 2.05) is 48.7 Å². The lowest BCUT2D eigenvalue weighted by atomic mass is 10.1. The van der Waals surface area contributed by atoms with Crippen molar-refractivity contribution in [3.8, 4) is 0 Å². The second kappa shape index (κ2) is 6.15. The molecule has 0 radical (unpaired) electrons. The number of pyridine rings is 1. The molecule has 4 nitrogen and oxygen atoms in total. The highest BCUT2D eigenvalue weighted by atomic mass is 32.1. The summed E-state index contributed by atoms with van der Waals surface area (Å²) in [6.45, 7) is 1.96. The first-order valence-corrected chi connectivity index (χ1v) is 7.94. The summed E-state index contributed by atoms with van der Waals surface area (Å²) >= 11 is 1.52. The van der Waals surface area contributed by atoms with Crippen molar-refractivity contribution in [3.05, 3.63) is 70.0 Å². The van der Waals surface area contributed by atoms with E-state index in [1.165, 1.54) is 15.9 Å². The van der Waals surface area contributed by atoms with E-state index >= 15 is 0 Å². The molecular weight excluding hydrogens is 296 g/mol. The van der Waals surface area contributed by atoms with E-state index in [0.717, 1.165) is 10.3 Å². The lowest BCUT2D eigenvalue weighted by molar-refractivity contribution is -0.122. The molecule has 3 aromatic rings. The molecule has 0 aliphatic rings. The standard InChI is InChI=1S/C17H16N2O2S/c1-12(13-5-3-2-4-6-13)18-16(20)11-19-9-7-15-14(17(19)21)8-10-22-15/h2-10,12H,11H2,1H3,(H,18,20). The third-order valence-electron chi connectivity index (χ3n) is 3.58. The number of hydrogen-bond donors (Lipinski definition) is 1. The zero-order valence-electron chi connectivity index (χ0n) is 12.2. The lowest BCUT2D eigenvalue weighted by Crippen LogP contribution is -2.33. The molecule has 1 unspecified atom stereocenters. The van der Waals surface area contributed by atoms with Gasteiger partial charge in [-0.3, -0.25) is 9.59 Å². The van der Waals surface area contributed by atoms with Gasteiger partial charge in [0.15, 0.2) is 0 Å². The van der Waals surface area contributed by atoms with Crippen LogP contribution in [0.15, 0.2) is 58.8 Å². The van der Waals surface area contributed by atoms with Crippen LogP contribution in [0.2, 0.25) is 0 Å². The highest BCUT2D eigenvalue weighted by molar-refractivity contribution is 7.17. The summed E-state index contributed by atoms with van der Waals surface area (Å²) in [5.74, 6) is -0.173. The molecule has 2 heterocycles. The van der Waals surface area contributed by atoms with Crippen molar-refractivity contribution in [3.63, 3.8) is 0 Å². The summed E-state index contributed by atoms with van der Waals surface area (Å²) in [6.07, 6.45) is 1.67. The molecule has 0 saturated carbocycles. The number of amides is 1. The molecule has 3 rings (SSSR count). The van der Waals surface area contributed by atoms with Gasteiger partial charge in [-0.2, -0.15) is 0 Å². The molecule has 0 saturated heterocycles. The van der Waals surface area contributed by atoms with E-state index in [9.17, 15) is 9.59 Å². The SMILES string of the molecule is CC(NC(=O)Cn1ccc2sccc2c1=O)c1ccccc1. The van der Waals surface area contributed by atoms with Crippen LogP contribution in [0, 0.1) is 0 Å². The molecule has 112 valence electrons. The molecule has 0 aliphatic heterocycles. The van der Waals surface area contributed by atoms with Gasteiger partial charge in [0.05, 0.1) is 11.4 Å². The lowest BCUT2D eigenvalue weighted by Gasteiger charge is -2.15. The summed E-state index contributed by atoms with van der Waals surface area (Å²) in [5, 5.41) is 5.46. The fraction of sp³-hybridized carbons (Fsp3) is 0.176. The Morgan fingerprint density at radius 2 is 2.00 bits per heavy atom. The smallest absolute Gasteiger partial charge is 0.259 e. The number of hydrogen-bond acceptors (Lipinski definition) is 3. The molecule has 5 heteroatoms. The van der Waals surface area contributed by atoms with Crippen LogP contribution in [0.3, 0.4) is 0 Å². The Morgan fingerprint density at radius 3 is 2.77 bits per heavy atom. The minimum atomic E-state index is -0.173. The van der Waals surface area contributed by atoms with Crippen LogP contribution in [0.1, 0.15) is 18.5 Å². The second-order valence-corrected chi connectivity index (χ2v) is 6.09.